The van der Waals surface area contributed by atoms with Gasteiger partial charge < -0.3 is 5.11 Å². The van der Waals surface area contributed by atoms with Crippen LogP contribution in [-0.4, -0.2) is 10.0 Å². The summed E-state index contributed by atoms with van der Waals surface area (Å²) < 4.78 is 0. The van der Waals surface area contributed by atoms with Gasteiger partial charge in [-0.25, -0.2) is 0 Å². The van der Waals surface area contributed by atoms with Gasteiger partial charge in [0, 0.05) is 32.4 Å². The topological polar surface area (TPSA) is 111 Å². The molecule has 3 aromatic rings. The summed E-state index contributed by atoms with van der Waals surface area (Å²) in [5.41, 5.74) is 0.511. The molecule has 0 radical (unpaired) electrons. The number of thioether (sulfide) groups is 1. The lowest BCUT2D eigenvalue weighted by Crippen LogP contribution is -2.12. The van der Waals surface area contributed by atoms with Crippen LogP contribution >= 0.6 is 23.1 Å². The molecule has 0 aliphatic rings. The van der Waals surface area contributed by atoms with E-state index in [1.807, 2.05) is 35.7 Å². The summed E-state index contributed by atoms with van der Waals surface area (Å²) in [6.07, 6.45) is 0. The van der Waals surface area contributed by atoms with E-state index in [2.05, 4.69) is 0 Å². The SMILES string of the molecule is N#CC(C#N)C(/C(Sc1ccc([N+](=O)[O-])cc1)=C(\O)c1ccccc1)c1cccs1. The van der Waals surface area contributed by atoms with Crippen LogP contribution in [0, 0.1) is 38.7 Å². The molecule has 0 fully saturated rings. The minimum Gasteiger partial charge on any atom is -0.506 e. The molecule has 3 rings (SSSR count). The third-order valence-electron chi connectivity index (χ3n) is 4.30. The van der Waals surface area contributed by atoms with Gasteiger partial charge in [-0.1, -0.05) is 48.2 Å². The van der Waals surface area contributed by atoms with E-state index in [4.69, 9.17) is 0 Å². The van der Waals surface area contributed by atoms with E-state index in [1.165, 1.54) is 35.2 Å². The lowest BCUT2D eigenvalue weighted by atomic mass is 9.91. The summed E-state index contributed by atoms with van der Waals surface area (Å²) in [7, 11) is 0. The summed E-state index contributed by atoms with van der Waals surface area (Å²) in [6.45, 7) is 0. The minimum absolute atomic E-state index is 0.0344. The lowest BCUT2D eigenvalue weighted by molar-refractivity contribution is -0.384. The Labute approximate surface area is 181 Å². The van der Waals surface area contributed by atoms with Crippen molar-refractivity contribution in [2.24, 2.45) is 5.92 Å². The highest BCUT2D eigenvalue weighted by Crippen LogP contribution is 2.46. The smallest absolute Gasteiger partial charge is 0.269 e. The summed E-state index contributed by atoms with van der Waals surface area (Å²) >= 11 is 2.59. The van der Waals surface area contributed by atoms with Gasteiger partial charge in [0.25, 0.3) is 5.69 Å². The maximum Gasteiger partial charge on any atom is 0.269 e. The molecule has 0 amide bonds. The first-order valence-corrected chi connectivity index (χ1v) is 10.5. The summed E-state index contributed by atoms with van der Waals surface area (Å²) in [5.74, 6) is -1.72. The van der Waals surface area contributed by atoms with Gasteiger partial charge in [0.2, 0.25) is 0 Å². The molecule has 148 valence electrons. The standard InChI is InChI=1S/C22H15N3O3S2/c23-13-16(14-24)20(19-7-4-12-29-19)22(21(26)15-5-2-1-3-6-15)30-18-10-8-17(9-11-18)25(27)28/h1-12,16,20,26H/b22-21+. The number of nitrogens with zero attached hydrogens (tertiary/aromatic N) is 3. The number of aliphatic hydroxyl groups is 1. The molecule has 1 N–H and O–H groups in total. The normalized spacial score (nSPS) is 12.5. The van der Waals surface area contributed by atoms with Crippen LogP contribution in [-0.2, 0) is 0 Å². The van der Waals surface area contributed by atoms with Crippen LogP contribution in [0.4, 0.5) is 5.69 Å². The van der Waals surface area contributed by atoms with Gasteiger partial charge in [0.05, 0.1) is 23.0 Å². The molecule has 30 heavy (non-hydrogen) atoms. The number of allylic oxidation sites excluding steroid dienone is 1. The Balaban J connectivity index is 2.15. The van der Waals surface area contributed by atoms with E-state index in [0.717, 1.165) is 4.88 Å². The van der Waals surface area contributed by atoms with E-state index in [0.29, 0.717) is 15.4 Å². The van der Waals surface area contributed by atoms with Crippen molar-refractivity contribution in [1.82, 2.24) is 0 Å². The van der Waals surface area contributed by atoms with Crippen molar-refractivity contribution in [3.05, 3.63) is 97.6 Å². The number of non-ortho nitro benzene ring substituents is 1. The van der Waals surface area contributed by atoms with Crippen LogP contribution in [0.1, 0.15) is 16.4 Å². The maximum atomic E-state index is 11.1. The second-order valence-electron chi connectivity index (χ2n) is 6.16. The summed E-state index contributed by atoms with van der Waals surface area (Å²) in [5, 5.41) is 43.1. The number of benzene rings is 2. The number of hydrogen-bond donors (Lipinski definition) is 1. The Morgan fingerprint density at radius 1 is 1.03 bits per heavy atom. The zero-order valence-electron chi connectivity index (χ0n) is 15.5. The Hall–Kier alpha value is -3.59. The van der Waals surface area contributed by atoms with Crippen LogP contribution in [0.2, 0.25) is 0 Å². The second-order valence-corrected chi connectivity index (χ2v) is 8.26. The summed E-state index contributed by atoms with van der Waals surface area (Å²) in [6, 6.07) is 22.5. The Morgan fingerprint density at radius 3 is 2.23 bits per heavy atom. The fraction of sp³-hybridized carbons (Fsp3) is 0.0909. The van der Waals surface area contributed by atoms with Crippen LogP contribution in [0.25, 0.3) is 5.76 Å². The molecular weight excluding hydrogens is 418 g/mol. The monoisotopic (exact) mass is 433 g/mol. The second kappa shape index (κ2) is 9.75. The van der Waals surface area contributed by atoms with Crippen molar-refractivity contribution in [2.75, 3.05) is 0 Å². The van der Waals surface area contributed by atoms with Gasteiger partial charge in [0.15, 0.2) is 0 Å². The number of rotatable bonds is 7. The van der Waals surface area contributed by atoms with E-state index < -0.39 is 16.8 Å². The molecule has 0 aliphatic heterocycles. The van der Waals surface area contributed by atoms with Crippen molar-refractivity contribution in [2.45, 2.75) is 10.8 Å². The Morgan fingerprint density at radius 2 is 1.70 bits per heavy atom. The van der Waals surface area contributed by atoms with E-state index in [1.54, 1.807) is 36.4 Å². The Kier molecular flexibility index (Phi) is 6.87. The highest BCUT2D eigenvalue weighted by Gasteiger charge is 2.31. The molecule has 8 heteroatoms. The lowest BCUT2D eigenvalue weighted by Gasteiger charge is -2.21. The van der Waals surface area contributed by atoms with E-state index >= 15 is 0 Å². The number of hydrogen-bond acceptors (Lipinski definition) is 7. The maximum absolute atomic E-state index is 11.1. The van der Waals surface area contributed by atoms with Crippen LogP contribution in [0.3, 0.4) is 0 Å². The molecule has 1 heterocycles. The van der Waals surface area contributed by atoms with Crippen molar-refractivity contribution in [3.63, 3.8) is 0 Å². The predicted octanol–water partition coefficient (Wildman–Crippen LogP) is 6.12. The molecule has 0 saturated heterocycles. The first kappa shape index (κ1) is 21.1. The molecule has 0 saturated carbocycles. The van der Waals surface area contributed by atoms with E-state index in [-0.39, 0.29) is 11.4 Å². The number of nitro benzene ring substituents is 1. The van der Waals surface area contributed by atoms with Crippen LogP contribution in [0.15, 0.2) is 81.9 Å². The van der Waals surface area contributed by atoms with Gasteiger partial charge in [0.1, 0.15) is 11.7 Å². The van der Waals surface area contributed by atoms with Gasteiger partial charge in [-0.2, -0.15) is 10.5 Å². The number of aliphatic hydroxyl groups excluding tert-OH is 1. The van der Waals surface area contributed by atoms with Gasteiger partial charge in [-0.15, -0.1) is 11.3 Å². The minimum atomic E-state index is -1.02. The first-order chi connectivity index (χ1) is 14.5. The molecule has 1 aromatic heterocycles. The molecule has 1 unspecified atom stereocenters. The quantitative estimate of drug-likeness (QED) is 0.208. The largest absolute Gasteiger partial charge is 0.506 e. The fourth-order valence-electron chi connectivity index (χ4n) is 2.85. The third-order valence-corrected chi connectivity index (χ3v) is 6.43. The fourth-order valence-corrected chi connectivity index (χ4v) is 4.93. The third kappa shape index (κ3) is 4.69. The van der Waals surface area contributed by atoms with Crippen LogP contribution < -0.4 is 0 Å². The van der Waals surface area contributed by atoms with Gasteiger partial charge in [-0.05, 0) is 23.6 Å². The molecule has 2 aromatic carbocycles. The number of nitro groups is 1. The van der Waals surface area contributed by atoms with Gasteiger partial charge >= 0.3 is 0 Å². The average molecular weight is 434 g/mol. The zero-order chi connectivity index (χ0) is 21.5. The number of nitriles is 2. The van der Waals surface area contributed by atoms with Gasteiger partial charge in [-0.3, -0.25) is 10.1 Å². The van der Waals surface area contributed by atoms with E-state index in [9.17, 15) is 25.7 Å². The van der Waals surface area contributed by atoms with Crippen molar-refractivity contribution >= 4 is 34.5 Å². The predicted molar refractivity (Wildman–Crippen MR) is 117 cm³/mol. The summed E-state index contributed by atoms with van der Waals surface area (Å²) in [4.78, 5) is 12.3. The van der Waals surface area contributed by atoms with Crippen molar-refractivity contribution < 1.29 is 10.0 Å². The molecule has 0 aliphatic carbocycles. The highest BCUT2D eigenvalue weighted by atomic mass is 32.2. The zero-order valence-corrected chi connectivity index (χ0v) is 17.1. The van der Waals surface area contributed by atoms with Crippen molar-refractivity contribution in [3.8, 4) is 12.1 Å². The molecule has 6 nitrogen and oxygen atoms in total. The molecule has 0 spiro atoms. The van der Waals surface area contributed by atoms with Crippen molar-refractivity contribution in [1.29, 1.82) is 10.5 Å². The number of thiophene rings is 1. The first-order valence-electron chi connectivity index (χ1n) is 8.78. The molecular formula is C22H15N3O3S2. The Bertz CT molecular complexity index is 1120. The average Bonchev–Trinajstić information content (AvgIpc) is 3.31. The molecule has 1 atom stereocenters. The highest BCUT2D eigenvalue weighted by molar-refractivity contribution is 8.03. The molecule has 0 bridgehead atoms. The van der Waals surface area contributed by atoms with Crippen LogP contribution in [0.5, 0.6) is 0 Å².